The van der Waals surface area contributed by atoms with Crippen molar-refractivity contribution >= 4 is 29.1 Å². The van der Waals surface area contributed by atoms with Gasteiger partial charge < -0.3 is 20.5 Å². The van der Waals surface area contributed by atoms with Crippen LogP contribution in [0.1, 0.15) is 11.1 Å². The summed E-state index contributed by atoms with van der Waals surface area (Å²) in [5.74, 6) is 1.87. The number of rotatable bonds is 9. The van der Waals surface area contributed by atoms with Gasteiger partial charge in [0.15, 0.2) is 5.82 Å². The Morgan fingerprint density at radius 2 is 1.86 bits per heavy atom. The van der Waals surface area contributed by atoms with Gasteiger partial charge in [0.25, 0.3) is 0 Å². The van der Waals surface area contributed by atoms with E-state index in [-0.39, 0.29) is 6.61 Å². The second kappa shape index (κ2) is 9.92. The summed E-state index contributed by atoms with van der Waals surface area (Å²) < 4.78 is 5.25. The second-order valence-corrected chi connectivity index (χ2v) is 6.62. The molecular formula is C21H23ClN4O2. The summed E-state index contributed by atoms with van der Waals surface area (Å²) in [5.41, 5.74) is 3.06. The van der Waals surface area contributed by atoms with Gasteiger partial charge in [-0.15, -0.1) is 0 Å². The van der Waals surface area contributed by atoms with Crippen LogP contribution in [0, 0.1) is 0 Å². The van der Waals surface area contributed by atoms with Crippen LogP contribution in [-0.4, -0.2) is 35.3 Å². The summed E-state index contributed by atoms with van der Waals surface area (Å²) >= 11 is 6.23. The van der Waals surface area contributed by atoms with Gasteiger partial charge in [0, 0.05) is 18.8 Å². The van der Waals surface area contributed by atoms with E-state index in [4.69, 9.17) is 21.4 Å². The minimum absolute atomic E-state index is 0.113. The van der Waals surface area contributed by atoms with Crippen LogP contribution in [-0.2, 0) is 12.8 Å². The molecule has 0 amide bonds. The number of benzene rings is 2. The number of aliphatic hydroxyl groups is 1. The predicted molar refractivity (Wildman–Crippen MR) is 113 cm³/mol. The molecule has 3 aromatic rings. The Hall–Kier alpha value is -2.83. The summed E-state index contributed by atoms with van der Waals surface area (Å²) in [6, 6.07) is 15.7. The lowest BCUT2D eigenvalue weighted by atomic mass is 10.1. The number of halogens is 1. The van der Waals surface area contributed by atoms with Crippen LogP contribution < -0.4 is 15.4 Å². The van der Waals surface area contributed by atoms with Gasteiger partial charge in [-0.05, 0) is 48.2 Å². The lowest BCUT2D eigenvalue weighted by molar-refractivity contribution is 0.299. The molecule has 3 N–H and O–H groups in total. The van der Waals surface area contributed by atoms with E-state index in [2.05, 4.69) is 26.7 Å². The van der Waals surface area contributed by atoms with Crippen molar-refractivity contribution in [2.24, 2.45) is 0 Å². The standard InChI is InChI=1S/C21H23ClN4O2/c1-28-18-7-3-5-15(13-18)8-10-23-20-19(22)14-24-21(26-20)25-17-6-2-4-16(12-17)9-11-27/h2-7,12-14,27H,8-11H2,1H3,(H2,23,24,25,26). The van der Waals surface area contributed by atoms with Crippen LogP contribution in [0.25, 0.3) is 0 Å². The zero-order chi connectivity index (χ0) is 19.8. The van der Waals surface area contributed by atoms with Crippen LogP contribution in [0.2, 0.25) is 5.02 Å². The number of anilines is 3. The van der Waals surface area contributed by atoms with Crippen molar-refractivity contribution in [3.63, 3.8) is 0 Å². The van der Waals surface area contributed by atoms with Crippen LogP contribution >= 0.6 is 11.6 Å². The highest BCUT2D eigenvalue weighted by Gasteiger charge is 2.06. The van der Waals surface area contributed by atoms with Gasteiger partial charge in [0.05, 0.1) is 13.3 Å². The maximum absolute atomic E-state index is 9.09. The van der Waals surface area contributed by atoms with E-state index in [1.807, 2.05) is 42.5 Å². The third kappa shape index (κ3) is 5.58. The molecule has 0 aliphatic heterocycles. The quantitative estimate of drug-likeness (QED) is 0.504. The Morgan fingerprint density at radius 3 is 2.64 bits per heavy atom. The topological polar surface area (TPSA) is 79.3 Å². The van der Waals surface area contributed by atoms with E-state index in [9.17, 15) is 0 Å². The van der Waals surface area contributed by atoms with Gasteiger partial charge in [-0.2, -0.15) is 4.98 Å². The average Bonchev–Trinajstić information content (AvgIpc) is 2.71. The Kier molecular flexibility index (Phi) is 7.06. The number of hydrogen-bond acceptors (Lipinski definition) is 6. The Morgan fingerprint density at radius 1 is 1.07 bits per heavy atom. The first-order chi connectivity index (χ1) is 13.7. The maximum atomic E-state index is 9.09. The molecule has 0 aliphatic rings. The minimum Gasteiger partial charge on any atom is -0.497 e. The fraction of sp³-hybridized carbons (Fsp3) is 0.238. The average molecular weight is 399 g/mol. The highest BCUT2D eigenvalue weighted by Crippen LogP contribution is 2.22. The largest absolute Gasteiger partial charge is 0.497 e. The van der Waals surface area contributed by atoms with Gasteiger partial charge in [0.1, 0.15) is 10.8 Å². The highest BCUT2D eigenvalue weighted by atomic mass is 35.5. The van der Waals surface area contributed by atoms with E-state index in [0.29, 0.717) is 29.8 Å². The molecule has 0 unspecified atom stereocenters. The molecule has 2 aromatic carbocycles. The summed E-state index contributed by atoms with van der Waals surface area (Å²) in [6.07, 6.45) is 2.99. The van der Waals surface area contributed by atoms with E-state index in [1.165, 1.54) is 0 Å². The van der Waals surface area contributed by atoms with Crippen molar-refractivity contribution < 1.29 is 9.84 Å². The Balaban J connectivity index is 1.63. The van der Waals surface area contributed by atoms with Gasteiger partial charge in [-0.25, -0.2) is 4.98 Å². The third-order valence-corrected chi connectivity index (χ3v) is 4.44. The zero-order valence-electron chi connectivity index (χ0n) is 15.7. The monoisotopic (exact) mass is 398 g/mol. The Bertz CT molecular complexity index is 920. The minimum atomic E-state index is 0.113. The highest BCUT2D eigenvalue weighted by molar-refractivity contribution is 6.32. The third-order valence-electron chi connectivity index (χ3n) is 4.17. The van der Waals surface area contributed by atoms with E-state index >= 15 is 0 Å². The van der Waals surface area contributed by atoms with Crippen LogP contribution in [0.3, 0.4) is 0 Å². The first-order valence-corrected chi connectivity index (χ1v) is 9.42. The number of hydrogen-bond donors (Lipinski definition) is 3. The number of aromatic nitrogens is 2. The van der Waals surface area contributed by atoms with Crippen molar-refractivity contribution in [3.05, 3.63) is 70.9 Å². The molecule has 0 spiro atoms. The predicted octanol–water partition coefficient (Wildman–Crippen LogP) is 4.07. The Labute approximate surface area is 169 Å². The lowest BCUT2D eigenvalue weighted by Crippen LogP contribution is -2.08. The first kappa shape index (κ1) is 19.9. The number of methoxy groups -OCH3 is 1. The fourth-order valence-corrected chi connectivity index (χ4v) is 2.93. The molecule has 0 saturated carbocycles. The van der Waals surface area contributed by atoms with Crippen LogP contribution in [0.15, 0.2) is 54.7 Å². The van der Waals surface area contributed by atoms with E-state index in [0.717, 1.165) is 29.0 Å². The summed E-state index contributed by atoms with van der Waals surface area (Å²) in [4.78, 5) is 8.71. The van der Waals surface area contributed by atoms with Crippen molar-refractivity contribution in [2.75, 3.05) is 30.9 Å². The summed E-state index contributed by atoms with van der Waals surface area (Å²) in [6.45, 7) is 0.789. The van der Waals surface area contributed by atoms with Gasteiger partial charge in [0.2, 0.25) is 5.95 Å². The molecule has 0 radical (unpaired) electrons. The lowest BCUT2D eigenvalue weighted by Gasteiger charge is -2.11. The van der Waals surface area contributed by atoms with Crippen LogP contribution in [0.5, 0.6) is 5.75 Å². The van der Waals surface area contributed by atoms with Crippen molar-refractivity contribution in [1.29, 1.82) is 0 Å². The number of aliphatic hydroxyl groups excluding tert-OH is 1. The van der Waals surface area contributed by atoms with Gasteiger partial charge in [-0.3, -0.25) is 0 Å². The molecule has 0 aliphatic carbocycles. The molecule has 1 heterocycles. The summed E-state index contributed by atoms with van der Waals surface area (Å²) in [5, 5.41) is 16.0. The molecule has 3 rings (SSSR count). The smallest absolute Gasteiger partial charge is 0.229 e. The zero-order valence-corrected chi connectivity index (χ0v) is 16.4. The number of nitrogens with zero attached hydrogens (tertiary/aromatic N) is 2. The van der Waals surface area contributed by atoms with Crippen molar-refractivity contribution in [3.8, 4) is 5.75 Å². The molecule has 7 heteroatoms. The van der Waals surface area contributed by atoms with Gasteiger partial charge >= 0.3 is 0 Å². The molecule has 146 valence electrons. The second-order valence-electron chi connectivity index (χ2n) is 6.22. The molecule has 28 heavy (non-hydrogen) atoms. The van der Waals surface area contributed by atoms with Crippen molar-refractivity contribution in [1.82, 2.24) is 9.97 Å². The number of ether oxygens (including phenoxy) is 1. The molecule has 0 fully saturated rings. The SMILES string of the molecule is COc1cccc(CCNc2nc(Nc3cccc(CCO)c3)ncc2Cl)c1. The fourth-order valence-electron chi connectivity index (χ4n) is 2.77. The molecule has 6 nitrogen and oxygen atoms in total. The van der Waals surface area contributed by atoms with Crippen LogP contribution in [0.4, 0.5) is 17.5 Å². The maximum Gasteiger partial charge on any atom is 0.229 e. The molecule has 0 bridgehead atoms. The molecule has 0 atom stereocenters. The normalized spacial score (nSPS) is 10.5. The summed E-state index contributed by atoms with van der Waals surface area (Å²) in [7, 11) is 1.66. The van der Waals surface area contributed by atoms with E-state index < -0.39 is 0 Å². The van der Waals surface area contributed by atoms with E-state index in [1.54, 1.807) is 13.3 Å². The first-order valence-electron chi connectivity index (χ1n) is 9.04. The van der Waals surface area contributed by atoms with Crippen molar-refractivity contribution in [2.45, 2.75) is 12.8 Å². The molecule has 0 saturated heterocycles. The molecule has 1 aromatic heterocycles. The number of nitrogens with one attached hydrogen (secondary N) is 2. The molecular weight excluding hydrogens is 376 g/mol. The van der Waals surface area contributed by atoms with Gasteiger partial charge in [-0.1, -0.05) is 35.9 Å².